The van der Waals surface area contributed by atoms with Crippen molar-refractivity contribution >= 4 is 5.91 Å². The van der Waals surface area contributed by atoms with Crippen LogP contribution in [0, 0.1) is 5.92 Å². The van der Waals surface area contributed by atoms with Gasteiger partial charge in [0.15, 0.2) is 0 Å². The van der Waals surface area contributed by atoms with Crippen LogP contribution in [0.2, 0.25) is 0 Å². The predicted molar refractivity (Wildman–Crippen MR) is 57.0 cm³/mol. The molecule has 1 N–H and O–H groups in total. The second-order valence-corrected chi connectivity index (χ2v) is 5.12. The van der Waals surface area contributed by atoms with Gasteiger partial charge in [-0.15, -0.1) is 0 Å². The predicted octanol–water partition coefficient (Wildman–Crippen LogP) is 0.206. The van der Waals surface area contributed by atoms with Gasteiger partial charge in [-0.1, -0.05) is 0 Å². The molecule has 3 aliphatic heterocycles. The summed E-state index contributed by atoms with van der Waals surface area (Å²) < 4.78 is 0. The molecule has 2 unspecified atom stereocenters. The smallest absolute Gasteiger partial charge is 0.223 e. The molecule has 3 saturated heterocycles. The molecule has 0 spiro atoms. The fraction of sp³-hybridized carbons (Fsp3) is 0.909. The minimum atomic E-state index is 0.412. The highest BCUT2D eigenvalue weighted by molar-refractivity contribution is 5.78. The molecule has 0 aromatic rings. The summed E-state index contributed by atoms with van der Waals surface area (Å²) in [6, 6.07) is 0.977. The lowest BCUT2D eigenvalue weighted by atomic mass is 9.87. The average Bonchev–Trinajstić information content (AvgIpc) is 3.01. The molecule has 1 amide bonds. The summed E-state index contributed by atoms with van der Waals surface area (Å²) in [6.07, 6.45) is 4.58. The highest BCUT2D eigenvalue weighted by Gasteiger charge is 2.47. The van der Waals surface area contributed by atoms with Crippen LogP contribution in [0.4, 0.5) is 0 Å². The molecule has 4 nitrogen and oxygen atoms in total. The number of nitrogens with one attached hydrogen (secondary N) is 1. The van der Waals surface area contributed by atoms with Gasteiger partial charge >= 0.3 is 0 Å². The molecular weight excluding hydrogens is 190 g/mol. The Morgan fingerprint density at radius 1 is 1.33 bits per heavy atom. The maximum absolute atomic E-state index is 12.0. The normalized spacial score (nSPS) is 35.1. The van der Waals surface area contributed by atoms with Crippen molar-refractivity contribution in [1.82, 2.24) is 15.3 Å². The number of hydrogen-bond acceptors (Lipinski definition) is 3. The Kier molecular flexibility index (Phi) is 2.21. The van der Waals surface area contributed by atoms with E-state index in [-0.39, 0.29) is 0 Å². The number of piperazine rings is 1. The van der Waals surface area contributed by atoms with Gasteiger partial charge in [0.2, 0.25) is 5.91 Å². The SMILES string of the molecule is CNN1CC2CC(C1)N2C(=O)CC1CC1. The summed E-state index contributed by atoms with van der Waals surface area (Å²) in [5.41, 5.74) is 3.17. The van der Waals surface area contributed by atoms with E-state index >= 15 is 0 Å². The van der Waals surface area contributed by atoms with Crippen LogP contribution < -0.4 is 5.43 Å². The van der Waals surface area contributed by atoms with Gasteiger partial charge in [-0.25, -0.2) is 5.01 Å². The van der Waals surface area contributed by atoms with Crippen molar-refractivity contribution in [2.45, 2.75) is 37.8 Å². The van der Waals surface area contributed by atoms with Crippen LogP contribution in [-0.2, 0) is 4.79 Å². The third kappa shape index (κ3) is 1.66. The van der Waals surface area contributed by atoms with Gasteiger partial charge in [0, 0.05) is 31.6 Å². The topological polar surface area (TPSA) is 35.6 Å². The molecule has 1 saturated carbocycles. The molecule has 15 heavy (non-hydrogen) atoms. The Morgan fingerprint density at radius 3 is 2.53 bits per heavy atom. The van der Waals surface area contributed by atoms with E-state index in [0.29, 0.717) is 18.0 Å². The van der Waals surface area contributed by atoms with Crippen molar-refractivity contribution in [3.63, 3.8) is 0 Å². The third-order valence-electron chi connectivity index (χ3n) is 3.96. The number of rotatable bonds is 3. The van der Waals surface area contributed by atoms with Crippen molar-refractivity contribution in [3.8, 4) is 0 Å². The van der Waals surface area contributed by atoms with E-state index in [4.69, 9.17) is 0 Å². The zero-order chi connectivity index (χ0) is 10.4. The summed E-state index contributed by atoms with van der Waals surface area (Å²) in [7, 11) is 1.96. The average molecular weight is 209 g/mol. The van der Waals surface area contributed by atoms with Crippen molar-refractivity contribution in [2.75, 3.05) is 20.1 Å². The van der Waals surface area contributed by atoms with Crippen LogP contribution in [0.5, 0.6) is 0 Å². The minimum Gasteiger partial charge on any atom is -0.334 e. The first-order chi connectivity index (χ1) is 7.28. The Labute approximate surface area is 90.6 Å². The van der Waals surface area contributed by atoms with Crippen molar-refractivity contribution in [3.05, 3.63) is 0 Å². The Morgan fingerprint density at radius 2 is 2.00 bits per heavy atom. The van der Waals surface area contributed by atoms with Crippen molar-refractivity contribution < 1.29 is 4.79 Å². The zero-order valence-corrected chi connectivity index (χ0v) is 9.28. The Hall–Kier alpha value is -0.610. The maximum atomic E-state index is 12.0. The first-order valence-corrected chi connectivity index (χ1v) is 6.01. The number of piperidine rings is 1. The number of amides is 1. The van der Waals surface area contributed by atoms with E-state index in [0.717, 1.165) is 25.4 Å². The maximum Gasteiger partial charge on any atom is 0.223 e. The minimum absolute atomic E-state index is 0.412. The molecule has 4 aliphatic rings. The lowest BCUT2D eigenvalue weighted by molar-refractivity contribution is -0.156. The van der Waals surface area contributed by atoms with Gasteiger partial charge in [-0.2, -0.15) is 0 Å². The molecule has 4 heteroatoms. The number of nitrogens with zero attached hydrogens (tertiary/aromatic N) is 2. The van der Waals surface area contributed by atoms with Crippen LogP contribution in [-0.4, -0.2) is 48.0 Å². The standard InChI is InChI=1S/C11H19N3O/c1-12-13-6-9-5-10(7-13)14(9)11(15)4-8-2-3-8/h8-10,12H,2-7H2,1H3. The molecule has 3 heterocycles. The summed E-state index contributed by atoms with van der Waals surface area (Å²) in [4.78, 5) is 14.1. The molecule has 4 fully saturated rings. The van der Waals surface area contributed by atoms with E-state index in [1.54, 1.807) is 0 Å². The second-order valence-electron chi connectivity index (χ2n) is 5.12. The van der Waals surface area contributed by atoms with Crippen LogP contribution in [0.25, 0.3) is 0 Å². The van der Waals surface area contributed by atoms with Crippen molar-refractivity contribution in [1.29, 1.82) is 0 Å². The van der Waals surface area contributed by atoms with Gasteiger partial charge in [0.1, 0.15) is 0 Å². The second kappa shape index (κ2) is 3.46. The Bertz CT molecular complexity index is 265. The van der Waals surface area contributed by atoms with Crippen LogP contribution >= 0.6 is 0 Å². The zero-order valence-electron chi connectivity index (χ0n) is 9.28. The number of fused-ring (bicyclic) bond motifs is 2. The highest BCUT2D eigenvalue weighted by atomic mass is 16.2. The third-order valence-corrected chi connectivity index (χ3v) is 3.96. The summed E-state index contributed by atoms with van der Waals surface area (Å²) in [5, 5.41) is 2.22. The first kappa shape index (κ1) is 9.60. The quantitative estimate of drug-likeness (QED) is 0.721. The van der Waals surface area contributed by atoms with E-state index in [1.807, 2.05) is 7.05 Å². The number of carbonyl (C=O) groups is 1. The van der Waals surface area contributed by atoms with E-state index < -0.39 is 0 Å². The van der Waals surface area contributed by atoms with E-state index in [9.17, 15) is 4.79 Å². The van der Waals surface area contributed by atoms with Crippen LogP contribution in [0.1, 0.15) is 25.7 Å². The molecule has 1 aliphatic carbocycles. The van der Waals surface area contributed by atoms with Gasteiger partial charge in [0.25, 0.3) is 0 Å². The molecule has 0 aromatic carbocycles. The first-order valence-electron chi connectivity index (χ1n) is 6.01. The van der Waals surface area contributed by atoms with E-state index in [2.05, 4.69) is 15.3 Å². The molecule has 4 rings (SSSR count). The molecule has 84 valence electrons. The van der Waals surface area contributed by atoms with Gasteiger partial charge in [-0.05, 0) is 32.2 Å². The summed E-state index contributed by atoms with van der Waals surface area (Å²) >= 11 is 0. The lowest BCUT2D eigenvalue weighted by Gasteiger charge is -2.56. The molecule has 2 atom stereocenters. The van der Waals surface area contributed by atoms with Gasteiger partial charge < -0.3 is 4.90 Å². The number of carbonyl (C=O) groups excluding carboxylic acids is 1. The fourth-order valence-corrected chi connectivity index (χ4v) is 2.87. The highest BCUT2D eigenvalue weighted by Crippen LogP contribution is 2.37. The Balaban J connectivity index is 1.57. The number of hydrogen-bond donors (Lipinski definition) is 1. The molecular formula is C11H19N3O. The van der Waals surface area contributed by atoms with Crippen molar-refractivity contribution in [2.24, 2.45) is 5.92 Å². The number of hydrazine groups is 1. The van der Waals surface area contributed by atoms with E-state index in [1.165, 1.54) is 19.3 Å². The van der Waals surface area contributed by atoms with Gasteiger partial charge in [0.05, 0.1) is 0 Å². The summed E-state index contributed by atoms with van der Waals surface area (Å²) in [6.45, 7) is 2.01. The van der Waals surface area contributed by atoms with Crippen LogP contribution in [0.3, 0.4) is 0 Å². The fourth-order valence-electron chi connectivity index (χ4n) is 2.87. The van der Waals surface area contributed by atoms with Crippen LogP contribution in [0.15, 0.2) is 0 Å². The largest absolute Gasteiger partial charge is 0.334 e. The monoisotopic (exact) mass is 209 g/mol. The summed E-state index contributed by atoms with van der Waals surface area (Å²) in [5.74, 6) is 1.13. The molecule has 0 aromatic heterocycles. The van der Waals surface area contributed by atoms with Gasteiger partial charge in [-0.3, -0.25) is 10.2 Å². The molecule has 2 bridgehead atoms. The lowest BCUT2D eigenvalue weighted by Crippen LogP contribution is -2.71. The molecule has 0 radical (unpaired) electrons.